The Hall–Kier alpha value is -2.21. The second-order valence-electron chi connectivity index (χ2n) is 5.47. The van der Waals surface area contributed by atoms with E-state index in [4.69, 9.17) is 27.9 Å². The van der Waals surface area contributed by atoms with Crippen LogP contribution in [0.15, 0.2) is 70.5 Å². The molecule has 0 saturated carbocycles. The van der Waals surface area contributed by atoms with Gasteiger partial charge in [-0.2, -0.15) is 0 Å². The molecule has 0 unspecified atom stereocenters. The summed E-state index contributed by atoms with van der Waals surface area (Å²) in [5.74, 6) is 0.793. The molecule has 126 valence electrons. The van der Waals surface area contributed by atoms with Crippen LogP contribution in [0.2, 0.25) is 10.0 Å². The number of sulfone groups is 1. The number of anilines is 2. The SMILES string of the molecule is O=S(=O)(c1ccccc1)c1ccc2c(c1)Oc1c(Cl)cc(Cl)cc1N2. The molecule has 1 N–H and O–H groups in total. The van der Waals surface area contributed by atoms with Gasteiger partial charge in [0.25, 0.3) is 0 Å². The van der Waals surface area contributed by atoms with Crippen molar-refractivity contribution in [2.45, 2.75) is 9.79 Å². The summed E-state index contributed by atoms with van der Waals surface area (Å²) in [6.07, 6.45) is 0. The summed E-state index contributed by atoms with van der Waals surface area (Å²) in [5, 5.41) is 3.97. The Morgan fingerprint density at radius 1 is 0.840 bits per heavy atom. The highest BCUT2D eigenvalue weighted by Gasteiger charge is 2.24. The standard InChI is InChI=1S/C18H11Cl2NO3S/c19-11-8-14(20)18-16(9-11)21-15-7-6-13(10-17(15)24-18)25(22,23)12-4-2-1-3-5-12/h1-10,21H. The van der Waals surface area contributed by atoms with Crippen molar-refractivity contribution in [3.05, 3.63) is 70.7 Å². The lowest BCUT2D eigenvalue weighted by molar-refractivity contribution is 0.479. The van der Waals surface area contributed by atoms with E-state index in [2.05, 4.69) is 5.32 Å². The number of benzene rings is 3. The average molecular weight is 392 g/mol. The zero-order valence-corrected chi connectivity index (χ0v) is 15.0. The van der Waals surface area contributed by atoms with E-state index in [0.717, 1.165) is 0 Å². The van der Waals surface area contributed by atoms with Crippen LogP contribution < -0.4 is 10.1 Å². The normalized spacial score (nSPS) is 12.6. The van der Waals surface area contributed by atoms with Crippen LogP contribution in [0.3, 0.4) is 0 Å². The van der Waals surface area contributed by atoms with Gasteiger partial charge in [-0.25, -0.2) is 8.42 Å². The molecule has 0 aromatic heterocycles. The summed E-state index contributed by atoms with van der Waals surface area (Å²) >= 11 is 12.2. The van der Waals surface area contributed by atoms with Gasteiger partial charge in [-0.15, -0.1) is 0 Å². The summed E-state index contributed by atoms with van der Waals surface area (Å²) in [7, 11) is -3.63. The molecule has 4 nitrogen and oxygen atoms in total. The molecule has 3 aromatic carbocycles. The molecule has 0 amide bonds. The van der Waals surface area contributed by atoms with Crippen molar-refractivity contribution < 1.29 is 13.2 Å². The maximum atomic E-state index is 12.8. The molecule has 3 aromatic rings. The molecular formula is C18H11Cl2NO3S. The van der Waals surface area contributed by atoms with E-state index >= 15 is 0 Å². The monoisotopic (exact) mass is 391 g/mol. The number of ether oxygens (including phenoxy) is 1. The van der Waals surface area contributed by atoms with Gasteiger partial charge in [0.1, 0.15) is 0 Å². The van der Waals surface area contributed by atoms with Crippen LogP contribution in [0.5, 0.6) is 11.5 Å². The largest absolute Gasteiger partial charge is 0.451 e. The highest BCUT2D eigenvalue weighted by atomic mass is 35.5. The Balaban J connectivity index is 1.78. The Morgan fingerprint density at radius 3 is 2.36 bits per heavy atom. The fourth-order valence-electron chi connectivity index (χ4n) is 2.61. The van der Waals surface area contributed by atoms with E-state index < -0.39 is 9.84 Å². The maximum absolute atomic E-state index is 12.8. The first-order valence-corrected chi connectivity index (χ1v) is 9.57. The molecule has 7 heteroatoms. The molecule has 0 radical (unpaired) electrons. The minimum Gasteiger partial charge on any atom is -0.451 e. The summed E-state index contributed by atoms with van der Waals surface area (Å²) in [4.78, 5) is 0.372. The van der Waals surface area contributed by atoms with Gasteiger partial charge in [-0.05, 0) is 36.4 Å². The summed E-state index contributed by atoms with van der Waals surface area (Å²) < 4.78 is 31.3. The molecule has 0 saturated heterocycles. The Labute approximate surface area is 154 Å². The van der Waals surface area contributed by atoms with Gasteiger partial charge in [-0.3, -0.25) is 0 Å². The molecule has 1 aliphatic heterocycles. The van der Waals surface area contributed by atoms with E-state index in [1.54, 1.807) is 48.5 Å². The van der Waals surface area contributed by atoms with Crippen LogP contribution >= 0.6 is 23.2 Å². The van der Waals surface area contributed by atoms with Crippen molar-refractivity contribution in [2.24, 2.45) is 0 Å². The first-order chi connectivity index (χ1) is 11.9. The van der Waals surface area contributed by atoms with Gasteiger partial charge in [0.2, 0.25) is 9.84 Å². The Morgan fingerprint density at radius 2 is 1.60 bits per heavy atom. The van der Waals surface area contributed by atoms with Crippen molar-refractivity contribution in [2.75, 3.05) is 5.32 Å². The van der Waals surface area contributed by atoms with Crippen molar-refractivity contribution in [3.63, 3.8) is 0 Å². The Bertz CT molecular complexity index is 1080. The first kappa shape index (κ1) is 16.3. The summed E-state index contributed by atoms with van der Waals surface area (Å²) in [6, 6.07) is 16.2. The predicted molar refractivity (Wildman–Crippen MR) is 98.2 cm³/mol. The third-order valence-corrected chi connectivity index (χ3v) is 6.07. The fraction of sp³-hybridized carbons (Fsp3) is 0. The summed E-state index contributed by atoms with van der Waals surface area (Å²) in [6.45, 7) is 0. The fourth-order valence-corrected chi connectivity index (χ4v) is 4.43. The first-order valence-electron chi connectivity index (χ1n) is 7.33. The molecule has 0 spiro atoms. The average Bonchev–Trinajstić information content (AvgIpc) is 2.60. The number of hydrogen-bond donors (Lipinski definition) is 1. The van der Waals surface area contributed by atoms with Crippen molar-refractivity contribution >= 4 is 44.4 Å². The predicted octanol–water partition coefficient (Wildman–Crippen LogP) is 5.68. The van der Waals surface area contributed by atoms with Gasteiger partial charge < -0.3 is 10.1 Å². The molecule has 0 atom stereocenters. The molecular weight excluding hydrogens is 381 g/mol. The van der Waals surface area contributed by atoms with E-state index in [9.17, 15) is 8.42 Å². The van der Waals surface area contributed by atoms with E-state index in [1.807, 2.05) is 0 Å². The quantitative estimate of drug-likeness (QED) is 0.477. The number of fused-ring (bicyclic) bond motifs is 2. The van der Waals surface area contributed by atoms with Crippen LogP contribution in [-0.4, -0.2) is 8.42 Å². The van der Waals surface area contributed by atoms with Crippen LogP contribution in [-0.2, 0) is 9.84 Å². The number of hydrogen-bond acceptors (Lipinski definition) is 4. The van der Waals surface area contributed by atoms with Gasteiger partial charge in [0.05, 0.1) is 26.2 Å². The van der Waals surface area contributed by atoms with E-state index in [1.165, 1.54) is 12.1 Å². The van der Waals surface area contributed by atoms with Crippen LogP contribution in [0, 0.1) is 0 Å². The minimum atomic E-state index is -3.63. The zero-order chi connectivity index (χ0) is 17.6. The van der Waals surface area contributed by atoms with Crippen LogP contribution in [0.4, 0.5) is 11.4 Å². The van der Waals surface area contributed by atoms with Crippen LogP contribution in [0.1, 0.15) is 0 Å². The topological polar surface area (TPSA) is 55.4 Å². The highest BCUT2D eigenvalue weighted by Crippen LogP contribution is 2.47. The lowest BCUT2D eigenvalue weighted by Gasteiger charge is -2.23. The van der Waals surface area contributed by atoms with E-state index in [0.29, 0.717) is 32.9 Å². The van der Waals surface area contributed by atoms with Crippen molar-refractivity contribution in [3.8, 4) is 11.5 Å². The van der Waals surface area contributed by atoms with Gasteiger partial charge >= 0.3 is 0 Å². The second kappa shape index (κ2) is 5.95. The number of nitrogens with one attached hydrogen (secondary N) is 1. The minimum absolute atomic E-state index is 0.146. The molecule has 0 fully saturated rings. The number of halogens is 2. The Kier molecular flexibility index (Phi) is 3.87. The molecule has 0 bridgehead atoms. The third kappa shape index (κ3) is 2.84. The molecule has 1 aliphatic rings. The number of rotatable bonds is 2. The van der Waals surface area contributed by atoms with E-state index in [-0.39, 0.29) is 9.79 Å². The zero-order valence-electron chi connectivity index (χ0n) is 12.7. The third-order valence-electron chi connectivity index (χ3n) is 3.81. The van der Waals surface area contributed by atoms with Gasteiger partial charge in [0, 0.05) is 11.1 Å². The second-order valence-corrected chi connectivity index (χ2v) is 8.26. The lowest BCUT2D eigenvalue weighted by atomic mass is 10.2. The lowest BCUT2D eigenvalue weighted by Crippen LogP contribution is -2.06. The molecule has 0 aliphatic carbocycles. The molecule has 1 heterocycles. The molecule has 4 rings (SSSR count). The molecule has 25 heavy (non-hydrogen) atoms. The van der Waals surface area contributed by atoms with Crippen molar-refractivity contribution in [1.29, 1.82) is 0 Å². The van der Waals surface area contributed by atoms with Gasteiger partial charge in [0.15, 0.2) is 11.5 Å². The van der Waals surface area contributed by atoms with Crippen molar-refractivity contribution in [1.82, 2.24) is 0 Å². The summed E-state index contributed by atoms with van der Waals surface area (Å²) in [5.41, 5.74) is 1.27. The maximum Gasteiger partial charge on any atom is 0.206 e. The van der Waals surface area contributed by atoms with Gasteiger partial charge in [-0.1, -0.05) is 41.4 Å². The van der Waals surface area contributed by atoms with Crippen LogP contribution in [0.25, 0.3) is 0 Å². The highest BCUT2D eigenvalue weighted by molar-refractivity contribution is 7.91. The smallest absolute Gasteiger partial charge is 0.206 e.